The van der Waals surface area contributed by atoms with Gasteiger partial charge in [-0.1, -0.05) is 12.1 Å². The maximum atomic E-state index is 12.1. The molecule has 1 aromatic carbocycles. The fourth-order valence-corrected chi connectivity index (χ4v) is 2.00. The Hall–Kier alpha value is -2.50. The Kier molecular flexibility index (Phi) is 5.41. The van der Waals surface area contributed by atoms with E-state index in [9.17, 15) is 4.79 Å². The molecule has 22 heavy (non-hydrogen) atoms. The van der Waals surface area contributed by atoms with Crippen LogP contribution in [-0.4, -0.2) is 35.2 Å². The zero-order valence-corrected chi connectivity index (χ0v) is 13.0. The third-order valence-electron chi connectivity index (χ3n) is 3.31. The fraction of sp³-hybridized carbons (Fsp3) is 0.375. The summed E-state index contributed by atoms with van der Waals surface area (Å²) in [6, 6.07) is 7.13. The highest BCUT2D eigenvalue weighted by molar-refractivity contribution is 5.79. The third-order valence-corrected chi connectivity index (χ3v) is 3.31. The standard InChI is InChI=1S/C16H21N3O3/c1-12(22-15-7-5-4-6-14(15)21-3)10-18-16(20)13(2)19-9-8-17-11-19/h4-9,11-13H,10H2,1-3H3,(H,18,20)/t12-,13+/m0/s1. The lowest BCUT2D eigenvalue weighted by Gasteiger charge is -2.19. The van der Waals surface area contributed by atoms with Crippen LogP contribution in [0.1, 0.15) is 19.9 Å². The van der Waals surface area contributed by atoms with Crippen LogP contribution in [0.4, 0.5) is 0 Å². The van der Waals surface area contributed by atoms with Crippen LogP contribution < -0.4 is 14.8 Å². The van der Waals surface area contributed by atoms with Crippen LogP contribution in [0.5, 0.6) is 11.5 Å². The van der Waals surface area contributed by atoms with E-state index in [0.29, 0.717) is 18.0 Å². The maximum absolute atomic E-state index is 12.1. The van der Waals surface area contributed by atoms with Crippen LogP contribution >= 0.6 is 0 Å². The zero-order chi connectivity index (χ0) is 15.9. The predicted molar refractivity (Wildman–Crippen MR) is 83.0 cm³/mol. The van der Waals surface area contributed by atoms with Gasteiger partial charge in [0.05, 0.1) is 20.0 Å². The van der Waals surface area contributed by atoms with Gasteiger partial charge in [0.15, 0.2) is 11.5 Å². The van der Waals surface area contributed by atoms with Gasteiger partial charge in [-0.05, 0) is 26.0 Å². The number of rotatable bonds is 7. The van der Waals surface area contributed by atoms with Gasteiger partial charge < -0.3 is 19.4 Å². The van der Waals surface area contributed by atoms with Crippen molar-refractivity contribution in [2.24, 2.45) is 0 Å². The van der Waals surface area contributed by atoms with Crippen LogP contribution in [0.15, 0.2) is 43.0 Å². The summed E-state index contributed by atoms with van der Waals surface area (Å²) in [5, 5.41) is 2.87. The average Bonchev–Trinajstić information content (AvgIpc) is 3.06. The van der Waals surface area contributed by atoms with Gasteiger partial charge in [-0.3, -0.25) is 4.79 Å². The normalized spacial score (nSPS) is 13.2. The zero-order valence-electron chi connectivity index (χ0n) is 13.0. The van der Waals surface area contributed by atoms with Gasteiger partial charge in [-0.15, -0.1) is 0 Å². The molecule has 0 radical (unpaired) electrons. The maximum Gasteiger partial charge on any atom is 0.242 e. The molecule has 0 saturated heterocycles. The largest absolute Gasteiger partial charge is 0.493 e. The number of methoxy groups -OCH3 is 1. The first-order chi connectivity index (χ1) is 10.6. The average molecular weight is 303 g/mol. The van der Waals surface area contributed by atoms with Gasteiger partial charge in [0.25, 0.3) is 0 Å². The molecule has 0 aliphatic rings. The molecular formula is C16H21N3O3. The summed E-state index contributed by atoms with van der Waals surface area (Å²) in [6.07, 6.45) is 4.87. The number of imidazole rings is 1. The lowest BCUT2D eigenvalue weighted by Crippen LogP contribution is -2.37. The second-order valence-corrected chi connectivity index (χ2v) is 5.01. The predicted octanol–water partition coefficient (Wildman–Crippen LogP) is 2.04. The van der Waals surface area contributed by atoms with Gasteiger partial charge in [0, 0.05) is 12.4 Å². The van der Waals surface area contributed by atoms with Crippen molar-refractivity contribution in [3.05, 3.63) is 43.0 Å². The van der Waals surface area contributed by atoms with Crippen molar-refractivity contribution in [2.45, 2.75) is 26.0 Å². The van der Waals surface area contributed by atoms with E-state index in [4.69, 9.17) is 9.47 Å². The molecule has 6 nitrogen and oxygen atoms in total. The fourth-order valence-electron chi connectivity index (χ4n) is 2.00. The van der Waals surface area contributed by atoms with Crippen molar-refractivity contribution in [3.8, 4) is 11.5 Å². The first kappa shape index (κ1) is 15.9. The quantitative estimate of drug-likeness (QED) is 0.850. The van der Waals surface area contributed by atoms with Gasteiger partial charge in [0.2, 0.25) is 5.91 Å². The van der Waals surface area contributed by atoms with E-state index in [2.05, 4.69) is 10.3 Å². The minimum Gasteiger partial charge on any atom is -0.493 e. The Bertz CT molecular complexity index is 598. The van der Waals surface area contributed by atoms with E-state index in [1.54, 1.807) is 30.4 Å². The topological polar surface area (TPSA) is 65.4 Å². The first-order valence-electron chi connectivity index (χ1n) is 7.16. The highest BCUT2D eigenvalue weighted by atomic mass is 16.5. The number of hydrogen-bond acceptors (Lipinski definition) is 4. The smallest absolute Gasteiger partial charge is 0.242 e. The number of nitrogens with one attached hydrogen (secondary N) is 1. The summed E-state index contributed by atoms with van der Waals surface area (Å²) in [6.45, 7) is 4.13. The molecule has 1 amide bonds. The molecule has 0 aliphatic carbocycles. The summed E-state index contributed by atoms with van der Waals surface area (Å²) in [5.41, 5.74) is 0. The van der Waals surface area contributed by atoms with Crippen LogP contribution in [0, 0.1) is 0 Å². The number of amides is 1. The molecule has 0 unspecified atom stereocenters. The Labute approximate surface area is 130 Å². The molecule has 1 N–H and O–H groups in total. The number of para-hydroxylation sites is 2. The molecule has 2 aromatic rings. The summed E-state index contributed by atoms with van der Waals surface area (Å²) < 4.78 is 12.8. The molecule has 0 bridgehead atoms. The number of nitrogens with zero attached hydrogens (tertiary/aromatic N) is 2. The third kappa shape index (κ3) is 4.00. The van der Waals surface area contributed by atoms with Crippen molar-refractivity contribution in [1.82, 2.24) is 14.9 Å². The molecule has 1 aromatic heterocycles. The molecule has 0 saturated carbocycles. The van der Waals surface area contributed by atoms with Crippen molar-refractivity contribution < 1.29 is 14.3 Å². The Morgan fingerprint density at radius 1 is 1.32 bits per heavy atom. The number of carbonyl (C=O) groups excluding carboxylic acids is 1. The van der Waals surface area contributed by atoms with Crippen LogP contribution in [0.3, 0.4) is 0 Å². The molecule has 2 rings (SSSR count). The van der Waals surface area contributed by atoms with E-state index >= 15 is 0 Å². The molecule has 0 spiro atoms. The Morgan fingerprint density at radius 3 is 2.68 bits per heavy atom. The highest BCUT2D eigenvalue weighted by Gasteiger charge is 2.15. The lowest BCUT2D eigenvalue weighted by atomic mass is 10.3. The first-order valence-corrected chi connectivity index (χ1v) is 7.16. The van der Waals surface area contributed by atoms with Crippen molar-refractivity contribution >= 4 is 5.91 Å². The van der Waals surface area contributed by atoms with Crippen molar-refractivity contribution in [3.63, 3.8) is 0 Å². The van der Waals surface area contributed by atoms with E-state index < -0.39 is 0 Å². The van der Waals surface area contributed by atoms with Gasteiger partial charge in [0.1, 0.15) is 12.1 Å². The number of carbonyl (C=O) groups is 1. The van der Waals surface area contributed by atoms with E-state index in [1.807, 2.05) is 38.1 Å². The molecule has 2 atom stereocenters. The number of aromatic nitrogens is 2. The second kappa shape index (κ2) is 7.49. The molecule has 0 fully saturated rings. The van der Waals surface area contributed by atoms with Gasteiger partial charge in [-0.2, -0.15) is 0 Å². The minimum atomic E-state index is -0.305. The Balaban J connectivity index is 1.85. The molecule has 0 aliphatic heterocycles. The van der Waals surface area contributed by atoms with Gasteiger partial charge >= 0.3 is 0 Å². The van der Waals surface area contributed by atoms with E-state index in [-0.39, 0.29) is 18.1 Å². The minimum absolute atomic E-state index is 0.0755. The van der Waals surface area contributed by atoms with Crippen molar-refractivity contribution in [1.29, 1.82) is 0 Å². The van der Waals surface area contributed by atoms with E-state index in [0.717, 1.165) is 0 Å². The lowest BCUT2D eigenvalue weighted by molar-refractivity contribution is -0.124. The van der Waals surface area contributed by atoms with Gasteiger partial charge in [-0.25, -0.2) is 4.98 Å². The van der Waals surface area contributed by atoms with Crippen LogP contribution in [0.2, 0.25) is 0 Å². The second-order valence-electron chi connectivity index (χ2n) is 5.01. The molecule has 6 heteroatoms. The summed E-state index contributed by atoms with van der Waals surface area (Å²) in [4.78, 5) is 16.0. The molecular weight excluding hydrogens is 282 g/mol. The van der Waals surface area contributed by atoms with Crippen molar-refractivity contribution in [2.75, 3.05) is 13.7 Å². The number of ether oxygens (including phenoxy) is 2. The van der Waals surface area contributed by atoms with Crippen LogP contribution in [0.25, 0.3) is 0 Å². The number of hydrogen-bond donors (Lipinski definition) is 1. The summed E-state index contributed by atoms with van der Waals surface area (Å²) in [7, 11) is 1.60. The highest BCUT2D eigenvalue weighted by Crippen LogP contribution is 2.26. The SMILES string of the molecule is COc1ccccc1O[C@@H](C)CNC(=O)[C@@H](C)n1ccnc1. The molecule has 118 valence electrons. The van der Waals surface area contributed by atoms with E-state index in [1.165, 1.54) is 0 Å². The monoisotopic (exact) mass is 303 g/mol. The van der Waals surface area contributed by atoms with Crippen LogP contribution in [-0.2, 0) is 4.79 Å². The molecule has 1 heterocycles. The summed E-state index contributed by atoms with van der Waals surface area (Å²) >= 11 is 0. The summed E-state index contributed by atoms with van der Waals surface area (Å²) in [5.74, 6) is 1.26. The number of benzene rings is 1. The Morgan fingerprint density at radius 2 is 2.05 bits per heavy atom.